The van der Waals surface area contributed by atoms with Gasteiger partial charge in [-0.1, -0.05) is 18.2 Å². The van der Waals surface area contributed by atoms with E-state index in [0.29, 0.717) is 23.5 Å². The summed E-state index contributed by atoms with van der Waals surface area (Å²) in [5, 5.41) is 6.17. The number of fused-ring (bicyclic) bond motifs is 1. The van der Waals surface area contributed by atoms with E-state index in [4.69, 9.17) is 4.74 Å². The molecule has 0 saturated carbocycles. The molecular formula is C20H23N3O3S. The van der Waals surface area contributed by atoms with Crippen LogP contribution in [0.4, 0.5) is 5.13 Å². The summed E-state index contributed by atoms with van der Waals surface area (Å²) in [6.07, 6.45) is 2.43. The lowest BCUT2D eigenvalue weighted by atomic mass is 10.1. The highest BCUT2D eigenvalue weighted by atomic mass is 32.1. The summed E-state index contributed by atoms with van der Waals surface area (Å²) >= 11 is 1.31. The van der Waals surface area contributed by atoms with E-state index in [1.807, 2.05) is 24.4 Å². The van der Waals surface area contributed by atoms with Crippen LogP contribution in [0.15, 0.2) is 35.8 Å². The number of amides is 1. The van der Waals surface area contributed by atoms with Crippen molar-refractivity contribution in [1.29, 1.82) is 0 Å². The van der Waals surface area contributed by atoms with Gasteiger partial charge in [0.1, 0.15) is 0 Å². The summed E-state index contributed by atoms with van der Waals surface area (Å²) in [4.78, 5) is 28.3. The predicted molar refractivity (Wildman–Crippen MR) is 107 cm³/mol. The quantitative estimate of drug-likeness (QED) is 0.625. The second-order valence-electron chi connectivity index (χ2n) is 6.52. The summed E-state index contributed by atoms with van der Waals surface area (Å²) in [7, 11) is 0. The van der Waals surface area contributed by atoms with E-state index in [9.17, 15) is 9.59 Å². The molecule has 0 unspecified atom stereocenters. The van der Waals surface area contributed by atoms with Gasteiger partial charge in [-0.2, -0.15) is 0 Å². The Labute approximate surface area is 162 Å². The average Bonchev–Trinajstić information content (AvgIpc) is 3.20. The van der Waals surface area contributed by atoms with E-state index in [0.717, 1.165) is 16.5 Å². The van der Waals surface area contributed by atoms with Crippen LogP contribution in [0.5, 0.6) is 0 Å². The molecule has 0 aliphatic carbocycles. The van der Waals surface area contributed by atoms with Crippen molar-refractivity contribution in [1.82, 2.24) is 9.55 Å². The highest BCUT2D eigenvalue weighted by Gasteiger charge is 2.15. The smallest absolute Gasteiger partial charge is 0.311 e. The van der Waals surface area contributed by atoms with Crippen molar-refractivity contribution in [3.8, 4) is 0 Å². The Morgan fingerprint density at radius 3 is 2.78 bits per heavy atom. The van der Waals surface area contributed by atoms with Crippen LogP contribution >= 0.6 is 11.3 Å². The lowest BCUT2D eigenvalue weighted by Crippen LogP contribution is -2.14. The molecule has 1 N–H and O–H groups in total. The van der Waals surface area contributed by atoms with Gasteiger partial charge >= 0.3 is 5.97 Å². The third-order valence-electron chi connectivity index (χ3n) is 4.16. The molecule has 0 fully saturated rings. The summed E-state index contributed by atoms with van der Waals surface area (Å²) in [5.74, 6) is -0.444. The zero-order chi connectivity index (χ0) is 19.4. The van der Waals surface area contributed by atoms with Gasteiger partial charge in [-0.3, -0.25) is 9.59 Å². The zero-order valence-corrected chi connectivity index (χ0v) is 16.5. The molecule has 0 bridgehead atoms. The Hall–Kier alpha value is -2.67. The van der Waals surface area contributed by atoms with Crippen molar-refractivity contribution in [3.05, 3.63) is 47.1 Å². The van der Waals surface area contributed by atoms with Gasteiger partial charge in [0.25, 0.3) is 0 Å². The normalized spacial score (nSPS) is 11.1. The van der Waals surface area contributed by atoms with Crippen molar-refractivity contribution in [3.63, 3.8) is 0 Å². The number of rotatable bonds is 7. The number of hydrogen-bond donors (Lipinski definition) is 1. The first kappa shape index (κ1) is 19.1. The van der Waals surface area contributed by atoms with Crippen molar-refractivity contribution < 1.29 is 14.3 Å². The van der Waals surface area contributed by atoms with Gasteiger partial charge < -0.3 is 14.6 Å². The number of benzene rings is 1. The minimum atomic E-state index is -0.317. The predicted octanol–water partition coefficient (Wildman–Crippen LogP) is 3.97. The van der Waals surface area contributed by atoms with E-state index in [1.54, 1.807) is 12.3 Å². The van der Waals surface area contributed by atoms with Crippen molar-refractivity contribution >= 4 is 39.2 Å². The van der Waals surface area contributed by atoms with Gasteiger partial charge in [0, 0.05) is 28.5 Å². The maximum absolute atomic E-state index is 12.5. The number of hydrogen-bond acceptors (Lipinski definition) is 5. The van der Waals surface area contributed by atoms with E-state index >= 15 is 0 Å². The molecule has 0 saturated heterocycles. The highest BCUT2D eigenvalue weighted by Crippen LogP contribution is 2.25. The molecule has 0 radical (unpaired) electrons. The molecule has 2 aromatic heterocycles. The molecular weight excluding hydrogens is 362 g/mol. The average molecular weight is 385 g/mol. The summed E-state index contributed by atoms with van der Waals surface area (Å²) in [5.41, 5.74) is 2.71. The number of thiazole rings is 1. The van der Waals surface area contributed by atoms with E-state index < -0.39 is 0 Å². The van der Waals surface area contributed by atoms with Gasteiger partial charge in [0.15, 0.2) is 5.13 Å². The monoisotopic (exact) mass is 385 g/mol. The number of aromatic nitrogens is 2. The largest absolute Gasteiger partial charge is 0.466 e. The molecule has 0 aliphatic rings. The van der Waals surface area contributed by atoms with Crippen LogP contribution in [0.1, 0.15) is 38.1 Å². The molecule has 3 rings (SSSR count). The Morgan fingerprint density at radius 1 is 1.26 bits per heavy atom. The molecule has 0 aliphatic heterocycles. The standard InChI is InChI=1S/C20H23N3O3S/c1-4-26-19(25)10-15-12-27-20(21-15)22-18(24)9-14-11-23(13(2)3)17-8-6-5-7-16(14)17/h5-8,11-13H,4,9-10H2,1-3H3,(H,21,22,24). The fourth-order valence-corrected chi connectivity index (χ4v) is 3.71. The topological polar surface area (TPSA) is 73.2 Å². The molecule has 27 heavy (non-hydrogen) atoms. The fraction of sp³-hybridized carbons (Fsp3) is 0.350. The van der Waals surface area contributed by atoms with Crippen molar-refractivity contribution in [2.24, 2.45) is 0 Å². The zero-order valence-electron chi connectivity index (χ0n) is 15.7. The first-order valence-electron chi connectivity index (χ1n) is 8.96. The first-order valence-corrected chi connectivity index (χ1v) is 9.84. The van der Waals surface area contributed by atoms with Crippen molar-refractivity contribution in [2.75, 3.05) is 11.9 Å². The molecule has 1 amide bonds. The molecule has 6 nitrogen and oxygen atoms in total. The number of nitrogens with one attached hydrogen (secondary N) is 1. The lowest BCUT2D eigenvalue weighted by Gasteiger charge is -2.08. The number of ether oxygens (including phenoxy) is 1. The molecule has 3 aromatic rings. The SMILES string of the molecule is CCOC(=O)Cc1csc(NC(=O)Cc2cn(C(C)C)c3ccccc23)n1. The molecule has 142 valence electrons. The van der Waals surface area contributed by atoms with Crippen LogP contribution < -0.4 is 5.32 Å². The Bertz CT molecular complexity index is 958. The van der Waals surface area contributed by atoms with Gasteiger partial charge in [-0.15, -0.1) is 11.3 Å². The Morgan fingerprint density at radius 2 is 2.04 bits per heavy atom. The number of esters is 1. The maximum Gasteiger partial charge on any atom is 0.311 e. The summed E-state index contributed by atoms with van der Waals surface area (Å²) < 4.78 is 7.09. The highest BCUT2D eigenvalue weighted by molar-refractivity contribution is 7.13. The minimum Gasteiger partial charge on any atom is -0.466 e. The molecule has 2 heterocycles. The van der Waals surface area contributed by atoms with E-state index in [-0.39, 0.29) is 24.7 Å². The second kappa shape index (κ2) is 8.35. The van der Waals surface area contributed by atoms with Crippen LogP contribution in [0.3, 0.4) is 0 Å². The number of para-hydroxylation sites is 1. The van der Waals surface area contributed by atoms with Crippen LogP contribution in [-0.4, -0.2) is 28.0 Å². The molecule has 1 aromatic carbocycles. The minimum absolute atomic E-state index is 0.113. The van der Waals surface area contributed by atoms with Crippen LogP contribution in [0, 0.1) is 0 Å². The van der Waals surface area contributed by atoms with E-state index in [2.05, 4.69) is 34.8 Å². The van der Waals surface area contributed by atoms with Crippen LogP contribution in [0.2, 0.25) is 0 Å². The Balaban J connectivity index is 1.69. The van der Waals surface area contributed by atoms with Gasteiger partial charge in [-0.05, 0) is 32.4 Å². The van der Waals surface area contributed by atoms with Gasteiger partial charge in [-0.25, -0.2) is 4.98 Å². The first-order chi connectivity index (χ1) is 13.0. The number of carbonyl (C=O) groups is 2. The molecule has 0 spiro atoms. The van der Waals surface area contributed by atoms with Crippen LogP contribution in [0.25, 0.3) is 10.9 Å². The maximum atomic E-state index is 12.5. The summed E-state index contributed by atoms with van der Waals surface area (Å²) in [6.45, 7) is 6.35. The third-order valence-corrected chi connectivity index (χ3v) is 4.97. The molecule has 0 atom stereocenters. The molecule has 7 heteroatoms. The second-order valence-corrected chi connectivity index (χ2v) is 7.38. The summed E-state index contributed by atoms with van der Waals surface area (Å²) in [6, 6.07) is 8.41. The van der Waals surface area contributed by atoms with E-state index in [1.165, 1.54) is 11.3 Å². The lowest BCUT2D eigenvalue weighted by molar-refractivity contribution is -0.142. The Kier molecular flexibility index (Phi) is 5.91. The van der Waals surface area contributed by atoms with Crippen molar-refractivity contribution in [2.45, 2.75) is 39.7 Å². The number of carbonyl (C=O) groups excluding carboxylic acids is 2. The van der Waals surface area contributed by atoms with Crippen LogP contribution in [-0.2, 0) is 27.2 Å². The van der Waals surface area contributed by atoms with Gasteiger partial charge in [0.05, 0.1) is 25.1 Å². The fourth-order valence-electron chi connectivity index (χ4n) is 2.99. The van der Waals surface area contributed by atoms with Gasteiger partial charge in [0.2, 0.25) is 5.91 Å². The number of anilines is 1. The number of nitrogens with zero attached hydrogens (tertiary/aromatic N) is 2. The third kappa shape index (κ3) is 4.54.